The summed E-state index contributed by atoms with van der Waals surface area (Å²) in [5.74, 6) is -1.36. The fourth-order valence-electron chi connectivity index (χ4n) is 2.56. The molecule has 1 aliphatic rings. The highest BCUT2D eigenvalue weighted by molar-refractivity contribution is 7.89. The monoisotopic (exact) mass is 397 g/mol. The average Bonchev–Trinajstić information content (AvgIpc) is 2.61. The van der Waals surface area contributed by atoms with Crippen LogP contribution in [0.25, 0.3) is 0 Å². The molecule has 0 radical (unpaired) electrons. The van der Waals surface area contributed by atoms with E-state index in [-0.39, 0.29) is 11.4 Å². The van der Waals surface area contributed by atoms with Crippen molar-refractivity contribution in [2.45, 2.75) is 37.6 Å². The zero-order chi connectivity index (χ0) is 20.1. The van der Waals surface area contributed by atoms with Gasteiger partial charge in [0, 0.05) is 25.2 Å². The number of hydrogen-bond donors (Lipinski definition) is 2. The molecule has 27 heavy (non-hydrogen) atoms. The number of amides is 2. The SMILES string of the molecule is CC(C)(C)NC(=O)C(=O)NCCc1ccc(S(=O)(=O)N2CCOCC2)cc1. The molecule has 1 fully saturated rings. The second-order valence-electron chi connectivity index (χ2n) is 7.37. The molecule has 1 aliphatic heterocycles. The van der Waals surface area contributed by atoms with Crippen molar-refractivity contribution >= 4 is 21.8 Å². The third-order valence-electron chi connectivity index (χ3n) is 3.93. The maximum atomic E-state index is 12.6. The number of morpholine rings is 1. The Kier molecular flexibility index (Phi) is 6.96. The molecule has 0 aromatic heterocycles. The first-order chi connectivity index (χ1) is 12.6. The molecule has 0 aliphatic carbocycles. The molecule has 8 nitrogen and oxygen atoms in total. The van der Waals surface area contributed by atoms with Crippen molar-refractivity contribution in [3.8, 4) is 0 Å². The number of nitrogens with zero attached hydrogens (tertiary/aromatic N) is 1. The third-order valence-corrected chi connectivity index (χ3v) is 5.84. The lowest BCUT2D eigenvalue weighted by Gasteiger charge is -2.26. The Bertz CT molecular complexity index is 763. The molecule has 0 unspecified atom stereocenters. The summed E-state index contributed by atoms with van der Waals surface area (Å²) in [4.78, 5) is 23.7. The van der Waals surface area contributed by atoms with E-state index < -0.39 is 27.4 Å². The van der Waals surface area contributed by atoms with Gasteiger partial charge >= 0.3 is 11.8 Å². The van der Waals surface area contributed by atoms with Gasteiger partial charge in [-0.15, -0.1) is 0 Å². The van der Waals surface area contributed by atoms with Crippen molar-refractivity contribution < 1.29 is 22.7 Å². The van der Waals surface area contributed by atoms with Gasteiger partial charge in [0.2, 0.25) is 10.0 Å². The number of nitrogens with one attached hydrogen (secondary N) is 2. The summed E-state index contributed by atoms with van der Waals surface area (Å²) < 4.78 is 31.7. The van der Waals surface area contributed by atoms with E-state index in [4.69, 9.17) is 4.74 Å². The van der Waals surface area contributed by atoms with E-state index in [1.54, 1.807) is 45.0 Å². The van der Waals surface area contributed by atoms with Crippen LogP contribution in [0, 0.1) is 0 Å². The van der Waals surface area contributed by atoms with Gasteiger partial charge < -0.3 is 15.4 Å². The van der Waals surface area contributed by atoms with Crippen LogP contribution in [0.3, 0.4) is 0 Å². The minimum absolute atomic E-state index is 0.238. The van der Waals surface area contributed by atoms with Gasteiger partial charge in [0.05, 0.1) is 18.1 Å². The first-order valence-electron chi connectivity index (χ1n) is 8.87. The number of carbonyl (C=O) groups excluding carboxylic acids is 2. The normalized spacial score (nSPS) is 16.0. The number of hydrogen-bond acceptors (Lipinski definition) is 5. The number of sulfonamides is 1. The van der Waals surface area contributed by atoms with Crippen molar-refractivity contribution in [3.05, 3.63) is 29.8 Å². The predicted octanol–water partition coefficient (Wildman–Crippen LogP) is 0.281. The van der Waals surface area contributed by atoms with Crippen LogP contribution in [0.4, 0.5) is 0 Å². The Balaban J connectivity index is 1.87. The second kappa shape index (κ2) is 8.81. The lowest BCUT2D eigenvalue weighted by atomic mass is 10.1. The number of rotatable bonds is 5. The van der Waals surface area contributed by atoms with E-state index in [0.29, 0.717) is 32.7 Å². The molecule has 0 saturated carbocycles. The Labute approximate surface area is 160 Å². The van der Waals surface area contributed by atoms with Gasteiger partial charge in [-0.25, -0.2) is 8.42 Å². The zero-order valence-corrected chi connectivity index (χ0v) is 16.8. The number of benzene rings is 1. The maximum Gasteiger partial charge on any atom is 0.309 e. The summed E-state index contributed by atoms with van der Waals surface area (Å²) in [6.07, 6.45) is 0.492. The van der Waals surface area contributed by atoms with Crippen molar-refractivity contribution in [2.24, 2.45) is 0 Å². The van der Waals surface area contributed by atoms with Crippen LogP contribution in [-0.4, -0.2) is 62.9 Å². The fourth-order valence-corrected chi connectivity index (χ4v) is 3.97. The molecule has 2 N–H and O–H groups in total. The van der Waals surface area contributed by atoms with Gasteiger partial charge in [-0.2, -0.15) is 4.31 Å². The molecule has 2 amide bonds. The Hall–Kier alpha value is -1.97. The topological polar surface area (TPSA) is 105 Å². The van der Waals surface area contributed by atoms with Gasteiger partial charge in [0.15, 0.2) is 0 Å². The van der Waals surface area contributed by atoms with Crippen LogP contribution in [-0.2, 0) is 30.8 Å². The molecule has 0 atom stereocenters. The van der Waals surface area contributed by atoms with E-state index in [0.717, 1.165) is 5.56 Å². The summed E-state index contributed by atoms with van der Waals surface area (Å²) in [5.41, 5.74) is 0.392. The predicted molar refractivity (Wildman–Crippen MR) is 101 cm³/mol. The number of ether oxygens (including phenoxy) is 1. The van der Waals surface area contributed by atoms with E-state index in [2.05, 4.69) is 10.6 Å². The maximum absolute atomic E-state index is 12.6. The first-order valence-corrected chi connectivity index (χ1v) is 10.3. The average molecular weight is 397 g/mol. The fraction of sp³-hybridized carbons (Fsp3) is 0.556. The molecule has 1 aromatic carbocycles. The van der Waals surface area contributed by atoms with Gasteiger partial charge in [-0.3, -0.25) is 9.59 Å². The molecule has 1 saturated heterocycles. The van der Waals surface area contributed by atoms with E-state index in [1.165, 1.54) is 4.31 Å². The van der Waals surface area contributed by atoms with Crippen molar-refractivity contribution in [1.82, 2.24) is 14.9 Å². The van der Waals surface area contributed by atoms with Gasteiger partial charge in [0.1, 0.15) is 0 Å². The lowest BCUT2D eigenvalue weighted by molar-refractivity contribution is -0.140. The van der Waals surface area contributed by atoms with Crippen LogP contribution in [0.1, 0.15) is 26.3 Å². The highest BCUT2D eigenvalue weighted by Crippen LogP contribution is 2.17. The molecule has 150 valence electrons. The molecule has 2 rings (SSSR count). The molecule has 1 heterocycles. The standard InChI is InChI=1S/C18H27N3O5S/c1-18(2,3)20-17(23)16(22)19-9-8-14-4-6-15(7-5-14)27(24,25)21-10-12-26-13-11-21/h4-7H,8-13H2,1-3H3,(H,19,22)(H,20,23). The van der Waals surface area contributed by atoms with Crippen LogP contribution in [0.2, 0.25) is 0 Å². The minimum atomic E-state index is -3.51. The summed E-state index contributed by atoms with van der Waals surface area (Å²) in [6.45, 7) is 7.19. The van der Waals surface area contributed by atoms with E-state index >= 15 is 0 Å². The quantitative estimate of drug-likeness (QED) is 0.695. The van der Waals surface area contributed by atoms with Crippen molar-refractivity contribution in [2.75, 3.05) is 32.8 Å². The van der Waals surface area contributed by atoms with Crippen molar-refractivity contribution in [1.29, 1.82) is 0 Å². The molecular weight excluding hydrogens is 370 g/mol. The lowest BCUT2D eigenvalue weighted by Crippen LogP contribution is -2.48. The van der Waals surface area contributed by atoms with E-state index in [9.17, 15) is 18.0 Å². The summed E-state index contributed by atoms with van der Waals surface area (Å²) in [5, 5.41) is 5.15. The minimum Gasteiger partial charge on any atom is -0.379 e. The third kappa shape index (κ3) is 6.30. The largest absolute Gasteiger partial charge is 0.379 e. The Morgan fingerprint density at radius 3 is 2.22 bits per heavy atom. The molecule has 0 bridgehead atoms. The molecular formula is C18H27N3O5S. The highest BCUT2D eigenvalue weighted by Gasteiger charge is 2.26. The van der Waals surface area contributed by atoms with Gasteiger partial charge in [-0.1, -0.05) is 12.1 Å². The first kappa shape index (κ1) is 21.3. The smallest absolute Gasteiger partial charge is 0.309 e. The summed E-state index contributed by atoms with van der Waals surface area (Å²) in [7, 11) is -3.51. The number of carbonyl (C=O) groups is 2. The van der Waals surface area contributed by atoms with E-state index in [1.807, 2.05) is 0 Å². The highest BCUT2D eigenvalue weighted by atomic mass is 32.2. The van der Waals surface area contributed by atoms with Crippen LogP contribution < -0.4 is 10.6 Å². The summed E-state index contributed by atoms with van der Waals surface area (Å²) >= 11 is 0. The molecule has 1 aromatic rings. The summed E-state index contributed by atoms with van der Waals surface area (Å²) in [6, 6.07) is 6.56. The van der Waals surface area contributed by atoms with Crippen LogP contribution >= 0.6 is 0 Å². The molecule has 0 spiro atoms. The van der Waals surface area contributed by atoms with Crippen molar-refractivity contribution in [3.63, 3.8) is 0 Å². The molecule has 9 heteroatoms. The van der Waals surface area contributed by atoms with Crippen LogP contribution in [0.5, 0.6) is 0 Å². The van der Waals surface area contributed by atoms with Gasteiger partial charge in [-0.05, 0) is 44.9 Å². The zero-order valence-electron chi connectivity index (χ0n) is 15.9. The van der Waals surface area contributed by atoms with Crippen LogP contribution in [0.15, 0.2) is 29.2 Å². The Morgan fingerprint density at radius 2 is 1.67 bits per heavy atom. The Morgan fingerprint density at radius 1 is 1.07 bits per heavy atom. The van der Waals surface area contributed by atoms with Gasteiger partial charge in [0.25, 0.3) is 0 Å². The second-order valence-corrected chi connectivity index (χ2v) is 9.31.